The van der Waals surface area contributed by atoms with Gasteiger partial charge in [0.25, 0.3) is 10.0 Å². The molecule has 7 heteroatoms. The van der Waals surface area contributed by atoms with Gasteiger partial charge in [0.15, 0.2) is 0 Å². The van der Waals surface area contributed by atoms with Crippen LogP contribution < -0.4 is 10.0 Å². The number of thioether (sulfide) groups is 1. The predicted molar refractivity (Wildman–Crippen MR) is 83.5 cm³/mol. The topological polar surface area (TPSA) is 71.3 Å². The van der Waals surface area contributed by atoms with Crippen LogP contribution in [0.3, 0.4) is 0 Å². The second kappa shape index (κ2) is 9.44. The van der Waals surface area contributed by atoms with Crippen LogP contribution in [0, 0.1) is 0 Å². The second-order valence-corrected chi connectivity index (χ2v) is 7.24. The van der Waals surface area contributed by atoms with Gasteiger partial charge < -0.3 is 9.73 Å². The molecule has 0 aromatic carbocycles. The molecule has 0 saturated carbocycles. The summed E-state index contributed by atoms with van der Waals surface area (Å²) in [6, 6.07) is 3.17. The third kappa shape index (κ3) is 6.30. The Hall–Kier alpha value is -0.500. The van der Waals surface area contributed by atoms with Gasteiger partial charge in [0.2, 0.25) is 5.09 Å². The normalized spacial score (nSPS) is 11.9. The van der Waals surface area contributed by atoms with Crippen molar-refractivity contribution in [2.75, 3.05) is 25.6 Å². The van der Waals surface area contributed by atoms with Crippen molar-refractivity contribution in [3.05, 3.63) is 17.9 Å². The molecule has 5 nitrogen and oxygen atoms in total. The summed E-state index contributed by atoms with van der Waals surface area (Å²) < 4.78 is 31.8. The summed E-state index contributed by atoms with van der Waals surface area (Å²) in [5.74, 6) is 1.79. The number of rotatable bonds is 11. The van der Waals surface area contributed by atoms with Crippen molar-refractivity contribution in [2.45, 2.75) is 37.3 Å². The van der Waals surface area contributed by atoms with E-state index in [1.807, 2.05) is 11.8 Å². The van der Waals surface area contributed by atoms with E-state index in [4.69, 9.17) is 4.42 Å². The lowest BCUT2D eigenvalue weighted by atomic mass is 10.2. The summed E-state index contributed by atoms with van der Waals surface area (Å²) in [5.41, 5.74) is 0. The van der Waals surface area contributed by atoms with Gasteiger partial charge in [-0.05, 0) is 44.0 Å². The molecule has 1 aromatic rings. The van der Waals surface area contributed by atoms with Gasteiger partial charge in [0.1, 0.15) is 5.76 Å². The zero-order valence-electron chi connectivity index (χ0n) is 12.1. The summed E-state index contributed by atoms with van der Waals surface area (Å²) in [6.07, 6.45) is 6.35. The molecule has 116 valence electrons. The Kier molecular flexibility index (Phi) is 8.28. The number of hydrogen-bond acceptors (Lipinski definition) is 5. The minimum atomic E-state index is -3.50. The fourth-order valence-electron chi connectivity index (χ4n) is 1.77. The Balaban J connectivity index is 2.30. The maximum Gasteiger partial charge on any atom is 0.273 e. The van der Waals surface area contributed by atoms with Crippen molar-refractivity contribution >= 4 is 21.8 Å². The fraction of sp³-hybridized carbons (Fsp3) is 0.692. The standard InChI is InChI=1S/C13H24N2O3S2/c1-14-11-12-7-8-13(18-12)20(16,17)15-9-5-3-4-6-10-19-2/h7-8,14-15H,3-6,9-11H2,1-2H3. The van der Waals surface area contributed by atoms with E-state index >= 15 is 0 Å². The first-order chi connectivity index (χ1) is 9.60. The van der Waals surface area contributed by atoms with Crippen LogP contribution in [0.15, 0.2) is 21.6 Å². The van der Waals surface area contributed by atoms with Crippen LogP contribution in [0.5, 0.6) is 0 Å². The van der Waals surface area contributed by atoms with Crippen molar-refractivity contribution in [3.8, 4) is 0 Å². The lowest BCUT2D eigenvalue weighted by molar-refractivity contribution is 0.404. The smallest absolute Gasteiger partial charge is 0.273 e. The molecule has 0 atom stereocenters. The third-order valence-corrected chi connectivity index (χ3v) is 4.85. The highest BCUT2D eigenvalue weighted by molar-refractivity contribution is 7.98. The maximum atomic E-state index is 12.0. The lowest BCUT2D eigenvalue weighted by Gasteiger charge is -2.04. The van der Waals surface area contributed by atoms with Crippen LogP contribution in [0.1, 0.15) is 31.4 Å². The zero-order chi connectivity index (χ0) is 14.8. The molecular weight excluding hydrogens is 296 g/mol. The van der Waals surface area contributed by atoms with Gasteiger partial charge in [-0.25, -0.2) is 13.1 Å². The number of hydrogen-bond donors (Lipinski definition) is 2. The number of nitrogens with one attached hydrogen (secondary N) is 2. The Morgan fingerprint density at radius 2 is 1.95 bits per heavy atom. The molecule has 1 rings (SSSR count). The molecule has 1 heterocycles. The van der Waals surface area contributed by atoms with E-state index in [1.54, 1.807) is 13.1 Å². The molecule has 20 heavy (non-hydrogen) atoms. The van der Waals surface area contributed by atoms with Gasteiger partial charge in [-0.2, -0.15) is 11.8 Å². The molecule has 0 saturated heterocycles. The average molecular weight is 320 g/mol. The predicted octanol–water partition coefficient (Wildman–Crippen LogP) is 2.20. The van der Waals surface area contributed by atoms with Gasteiger partial charge in [-0.1, -0.05) is 12.8 Å². The summed E-state index contributed by atoms with van der Waals surface area (Å²) >= 11 is 1.84. The van der Waals surface area contributed by atoms with Crippen LogP contribution in [0.4, 0.5) is 0 Å². The molecule has 0 spiro atoms. The molecule has 0 aliphatic rings. The van der Waals surface area contributed by atoms with Crippen molar-refractivity contribution in [3.63, 3.8) is 0 Å². The molecule has 0 unspecified atom stereocenters. The molecule has 0 bridgehead atoms. The van der Waals surface area contributed by atoms with Gasteiger partial charge in [0.05, 0.1) is 6.54 Å². The van der Waals surface area contributed by atoms with Crippen molar-refractivity contribution in [1.29, 1.82) is 0 Å². The molecule has 0 amide bonds. The van der Waals surface area contributed by atoms with Crippen LogP contribution in [-0.4, -0.2) is 34.0 Å². The molecular formula is C13H24N2O3S2. The summed E-state index contributed by atoms with van der Waals surface area (Å²) in [4.78, 5) is 0. The molecule has 2 N–H and O–H groups in total. The van der Waals surface area contributed by atoms with Crippen LogP contribution in [0.2, 0.25) is 0 Å². The molecule has 1 aromatic heterocycles. The highest BCUT2D eigenvalue weighted by Gasteiger charge is 2.17. The summed E-state index contributed by atoms with van der Waals surface area (Å²) in [5, 5.41) is 2.91. The molecule has 0 aliphatic heterocycles. The van der Waals surface area contributed by atoms with Gasteiger partial charge in [-0.15, -0.1) is 0 Å². The quantitative estimate of drug-likeness (QED) is 0.612. The highest BCUT2D eigenvalue weighted by atomic mass is 32.2. The first-order valence-electron chi connectivity index (χ1n) is 6.82. The van der Waals surface area contributed by atoms with E-state index in [-0.39, 0.29) is 5.09 Å². The van der Waals surface area contributed by atoms with Crippen LogP contribution >= 0.6 is 11.8 Å². The third-order valence-electron chi connectivity index (χ3n) is 2.82. The summed E-state index contributed by atoms with van der Waals surface area (Å²) in [6.45, 7) is 0.981. The first-order valence-corrected chi connectivity index (χ1v) is 9.70. The largest absolute Gasteiger partial charge is 0.447 e. The molecule has 0 aliphatic carbocycles. The van der Waals surface area contributed by atoms with Crippen molar-refractivity contribution in [2.24, 2.45) is 0 Å². The Morgan fingerprint density at radius 1 is 1.20 bits per heavy atom. The van der Waals surface area contributed by atoms with Crippen LogP contribution in [-0.2, 0) is 16.6 Å². The number of sulfonamides is 1. The number of unbranched alkanes of at least 4 members (excludes halogenated alkanes) is 3. The van der Waals surface area contributed by atoms with E-state index in [9.17, 15) is 8.42 Å². The Morgan fingerprint density at radius 3 is 2.65 bits per heavy atom. The minimum absolute atomic E-state index is 0.00914. The molecule has 0 radical (unpaired) electrons. The van der Waals surface area contributed by atoms with Gasteiger partial charge in [0, 0.05) is 6.54 Å². The van der Waals surface area contributed by atoms with Crippen molar-refractivity contribution in [1.82, 2.24) is 10.0 Å². The minimum Gasteiger partial charge on any atom is -0.447 e. The zero-order valence-corrected chi connectivity index (χ0v) is 13.8. The lowest BCUT2D eigenvalue weighted by Crippen LogP contribution is -2.24. The molecule has 0 fully saturated rings. The van der Waals surface area contributed by atoms with E-state index in [1.165, 1.54) is 18.2 Å². The summed E-state index contributed by atoms with van der Waals surface area (Å²) in [7, 11) is -1.72. The van der Waals surface area contributed by atoms with Gasteiger partial charge in [-0.3, -0.25) is 0 Å². The Bertz CT molecular complexity index is 472. The monoisotopic (exact) mass is 320 g/mol. The van der Waals surface area contributed by atoms with Crippen LogP contribution in [0.25, 0.3) is 0 Å². The maximum absolute atomic E-state index is 12.0. The van der Waals surface area contributed by atoms with E-state index in [0.29, 0.717) is 18.8 Å². The SMILES string of the molecule is CNCc1ccc(S(=O)(=O)NCCCCCCSC)o1. The van der Waals surface area contributed by atoms with E-state index < -0.39 is 10.0 Å². The number of furan rings is 1. The fourth-order valence-corrected chi connectivity index (χ4v) is 3.29. The first kappa shape index (κ1) is 17.6. The Labute approximate surface area is 125 Å². The van der Waals surface area contributed by atoms with Gasteiger partial charge >= 0.3 is 0 Å². The second-order valence-electron chi connectivity index (χ2n) is 4.56. The van der Waals surface area contributed by atoms with E-state index in [2.05, 4.69) is 16.3 Å². The highest BCUT2D eigenvalue weighted by Crippen LogP contribution is 2.13. The van der Waals surface area contributed by atoms with Crippen molar-refractivity contribution < 1.29 is 12.8 Å². The average Bonchev–Trinajstić information content (AvgIpc) is 2.88. The van der Waals surface area contributed by atoms with E-state index in [0.717, 1.165) is 19.3 Å².